The first-order valence-corrected chi connectivity index (χ1v) is 10.1. The summed E-state index contributed by atoms with van der Waals surface area (Å²) in [6.45, 7) is 14.3. The van der Waals surface area contributed by atoms with Gasteiger partial charge in [0.25, 0.3) is 0 Å². The molecule has 1 unspecified atom stereocenters. The SMILES string of the molecule is CN=C(NCc1ccc(C)cc1OC(C)(C)C)NC1CCN(C(=O)C(C)C)C1.I. The normalized spacial score (nSPS) is 17.2. The van der Waals surface area contributed by atoms with Crippen molar-refractivity contribution in [2.75, 3.05) is 20.1 Å². The molecule has 0 spiro atoms. The van der Waals surface area contributed by atoms with Gasteiger partial charge < -0.3 is 20.3 Å². The number of ether oxygens (including phenoxy) is 1. The molecule has 0 saturated carbocycles. The summed E-state index contributed by atoms with van der Waals surface area (Å²) < 4.78 is 6.13. The van der Waals surface area contributed by atoms with Crippen LogP contribution in [0.1, 0.15) is 52.2 Å². The largest absolute Gasteiger partial charge is 0.488 e. The summed E-state index contributed by atoms with van der Waals surface area (Å²) in [5, 5.41) is 6.82. The molecular weight excluding hydrogens is 479 g/mol. The van der Waals surface area contributed by atoms with E-state index in [1.165, 1.54) is 5.56 Å². The molecule has 7 heteroatoms. The Bertz CT molecular complexity index is 713. The Kier molecular flexibility index (Phi) is 9.71. The van der Waals surface area contributed by atoms with Crippen LogP contribution < -0.4 is 15.4 Å². The molecule has 6 nitrogen and oxygen atoms in total. The monoisotopic (exact) mass is 516 g/mol. The van der Waals surface area contributed by atoms with Gasteiger partial charge >= 0.3 is 0 Å². The maximum atomic E-state index is 12.2. The van der Waals surface area contributed by atoms with Crippen molar-refractivity contribution in [3.8, 4) is 5.75 Å². The Morgan fingerprint density at radius 2 is 2.03 bits per heavy atom. The van der Waals surface area contributed by atoms with Gasteiger partial charge in [0.15, 0.2) is 5.96 Å². The van der Waals surface area contributed by atoms with Gasteiger partial charge in [-0.05, 0) is 45.7 Å². The van der Waals surface area contributed by atoms with Gasteiger partial charge in [0, 0.05) is 44.2 Å². The average Bonchev–Trinajstić information content (AvgIpc) is 3.06. The van der Waals surface area contributed by atoms with E-state index >= 15 is 0 Å². The number of carbonyl (C=O) groups is 1. The Labute approximate surface area is 192 Å². The third-order valence-electron chi connectivity index (χ3n) is 4.64. The van der Waals surface area contributed by atoms with Crippen molar-refractivity contribution >= 4 is 35.8 Å². The molecule has 1 aromatic rings. The Morgan fingerprint density at radius 1 is 1.34 bits per heavy atom. The maximum Gasteiger partial charge on any atom is 0.225 e. The summed E-state index contributed by atoms with van der Waals surface area (Å²) >= 11 is 0. The van der Waals surface area contributed by atoms with Crippen LogP contribution >= 0.6 is 24.0 Å². The summed E-state index contributed by atoms with van der Waals surface area (Å²) in [4.78, 5) is 18.5. The van der Waals surface area contributed by atoms with Gasteiger partial charge in [-0.25, -0.2) is 0 Å². The maximum absolute atomic E-state index is 12.2. The van der Waals surface area contributed by atoms with E-state index in [0.717, 1.165) is 36.8 Å². The highest BCUT2D eigenvalue weighted by Crippen LogP contribution is 2.24. The molecule has 0 radical (unpaired) electrons. The molecule has 164 valence electrons. The van der Waals surface area contributed by atoms with Crippen LogP contribution in [0, 0.1) is 12.8 Å². The van der Waals surface area contributed by atoms with Gasteiger partial charge in [0.1, 0.15) is 11.4 Å². The van der Waals surface area contributed by atoms with Crippen LogP contribution in [0.4, 0.5) is 0 Å². The first-order chi connectivity index (χ1) is 13.1. The summed E-state index contributed by atoms with van der Waals surface area (Å²) in [6.07, 6.45) is 0.933. The summed E-state index contributed by atoms with van der Waals surface area (Å²) in [7, 11) is 1.77. The van der Waals surface area contributed by atoms with Gasteiger partial charge in [-0.15, -0.1) is 24.0 Å². The smallest absolute Gasteiger partial charge is 0.225 e. The first-order valence-electron chi connectivity index (χ1n) is 10.1. The van der Waals surface area contributed by atoms with Crippen molar-refractivity contribution in [1.29, 1.82) is 0 Å². The molecule has 0 bridgehead atoms. The average molecular weight is 516 g/mol. The number of guanidine groups is 1. The quantitative estimate of drug-likeness (QED) is 0.356. The van der Waals surface area contributed by atoms with Crippen molar-refractivity contribution in [3.63, 3.8) is 0 Å². The Balaban J connectivity index is 0.00000420. The molecule has 1 atom stereocenters. The number of rotatable bonds is 5. The molecule has 1 aliphatic rings. The van der Waals surface area contributed by atoms with E-state index in [2.05, 4.69) is 61.5 Å². The van der Waals surface area contributed by atoms with E-state index in [1.807, 2.05) is 18.7 Å². The minimum absolute atomic E-state index is 0. The number of nitrogens with one attached hydrogen (secondary N) is 2. The van der Waals surface area contributed by atoms with Gasteiger partial charge in [-0.3, -0.25) is 9.79 Å². The number of carbonyl (C=O) groups excluding carboxylic acids is 1. The lowest BCUT2D eigenvalue weighted by Crippen LogP contribution is -2.45. The number of aryl methyl sites for hydroxylation is 1. The zero-order valence-electron chi connectivity index (χ0n) is 18.8. The fourth-order valence-electron chi connectivity index (χ4n) is 3.24. The molecule has 1 saturated heterocycles. The van der Waals surface area contributed by atoms with Crippen LogP contribution in [-0.4, -0.2) is 48.5 Å². The van der Waals surface area contributed by atoms with Crippen LogP contribution in [0.5, 0.6) is 5.75 Å². The van der Waals surface area contributed by atoms with Crippen molar-refractivity contribution in [2.45, 2.75) is 66.2 Å². The standard InChI is InChI=1S/C22H36N4O2.HI/c1-15(2)20(27)26-11-10-18(14-26)25-21(23-7)24-13-17-9-8-16(3)12-19(17)28-22(4,5)6;/h8-9,12,15,18H,10-11,13-14H2,1-7H3,(H2,23,24,25);1H. The number of hydrogen-bond donors (Lipinski definition) is 2. The van der Waals surface area contributed by atoms with E-state index in [-0.39, 0.29) is 47.4 Å². The van der Waals surface area contributed by atoms with Gasteiger partial charge in [-0.1, -0.05) is 26.0 Å². The van der Waals surface area contributed by atoms with Gasteiger partial charge in [0.2, 0.25) is 5.91 Å². The number of hydrogen-bond acceptors (Lipinski definition) is 3. The Hall–Kier alpha value is -1.51. The summed E-state index contributed by atoms with van der Waals surface area (Å²) in [5.41, 5.74) is 2.01. The van der Waals surface area contributed by atoms with Crippen LogP contribution in [-0.2, 0) is 11.3 Å². The molecule has 2 rings (SSSR count). The zero-order chi connectivity index (χ0) is 20.9. The van der Waals surface area contributed by atoms with E-state index in [1.54, 1.807) is 7.05 Å². The fraction of sp³-hybridized carbons (Fsp3) is 0.636. The highest BCUT2D eigenvalue weighted by molar-refractivity contribution is 14.0. The first kappa shape index (κ1) is 25.5. The lowest BCUT2D eigenvalue weighted by atomic mass is 10.1. The third-order valence-corrected chi connectivity index (χ3v) is 4.64. The predicted octanol–water partition coefficient (Wildman–Crippen LogP) is 3.71. The predicted molar refractivity (Wildman–Crippen MR) is 130 cm³/mol. The second kappa shape index (κ2) is 11.0. The molecule has 1 fully saturated rings. The van der Waals surface area contributed by atoms with Crippen LogP contribution in [0.3, 0.4) is 0 Å². The minimum Gasteiger partial charge on any atom is -0.488 e. The van der Waals surface area contributed by atoms with E-state index in [0.29, 0.717) is 6.54 Å². The van der Waals surface area contributed by atoms with Gasteiger partial charge in [0.05, 0.1) is 0 Å². The van der Waals surface area contributed by atoms with Crippen molar-refractivity contribution in [1.82, 2.24) is 15.5 Å². The van der Waals surface area contributed by atoms with Crippen molar-refractivity contribution < 1.29 is 9.53 Å². The zero-order valence-corrected chi connectivity index (χ0v) is 21.2. The third kappa shape index (κ3) is 8.03. The second-order valence-electron chi connectivity index (χ2n) is 8.82. The Morgan fingerprint density at radius 3 is 2.62 bits per heavy atom. The summed E-state index contributed by atoms with van der Waals surface area (Å²) in [6, 6.07) is 6.48. The van der Waals surface area contributed by atoms with E-state index in [4.69, 9.17) is 4.74 Å². The number of likely N-dealkylation sites (tertiary alicyclic amines) is 1. The van der Waals surface area contributed by atoms with Crippen molar-refractivity contribution in [2.24, 2.45) is 10.9 Å². The lowest BCUT2D eigenvalue weighted by Gasteiger charge is -2.24. The van der Waals surface area contributed by atoms with Crippen molar-refractivity contribution in [3.05, 3.63) is 29.3 Å². The fourth-order valence-corrected chi connectivity index (χ4v) is 3.24. The number of halogens is 1. The lowest BCUT2D eigenvalue weighted by molar-refractivity contribution is -0.133. The van der Waals surface area contributed by atoms with E-state index < -0.39 is 0 Å². The van der Waals surface area contributed by atoms with Crippen LogP contribution in [0.15, 0.2) is 23.2 Å². The molecule has 1 aliphatic heterocycles. The highest BCUT2D eigenvalue weighted by atomic mass is 127. The highest BCUT2D eigenvalue weighted by Gasteiger charge is 2.28. The van der Waals surface area contributed by atoms with Gasteiger partial charge in [-0.2, -0.15) is 0 Å². The van der Waals surface area contributed by atoms with Crippen LogP contribution in [0.2, 0.25) is 0 Å². The number of nitrogens with zero attached hydrogens (tertiary/aromatic N) is 2. The molecule has 1 heterocycles. The minimum atomic E-state index is -0.251. The number of aliphatic imine (C=N–C) groups is 1. The number of amides is 1. The second-order valence-corrected chi connectivity index (χ2v) is 8.82. The molecule has 0 aromatic heterocycles. The van der Waals surface area contributed by atoms with E-state index in [9.17, 15) is 4.79 Å². The van der Waals surface area contributed by atoms with Crippen LogP contribution in [0.25, 0.3) is 0 Å². The molecule has 29 heavy (non-hydrogen) atoms. The molecule has 2 N–H and O–H groups in total. The number of benzene rings is 1. The molecule has 0 aliphatic carbocycles. The topological polar surface area (TPSA) is 66.0 Å². The molecule has 1 aromatic carbocycles. The molecular formula is C22H37IN4O2. The summed E-state index contributed by atoms with van der Waals surface area (Å²) in [5.74, 6) is 1.89. The molecule has 1 amide bonds.